The summed E-state index contributed by atoms with van der Waals surface area (Å²) in [6, 6.07) is 109. The highest BCUT2D eigenvalue weighted by atomic mass is 32.1. The number of thiol groups is 1. The fourth-order valence-electron chi connectivity index (χ4n) is 12.4. The Morgan fingerprint density at radius 3 is 0.937 bits per heavy atom. The van der Waals surface area contributed by atoms with E-state index in [4.69, 9.17) is 4.74 Å². The Morgan fingerprint density at radius 2 is 0.595 bits per heavy atom. The molecule has 12 aromatic rings. The SMILES string of the molecule is SCCCCCCCCOc1ccc(-n2c3ccc(-c4ccc([Si](c5ccccc5)(c5ccccc5)c5ccccc5)cc4)cc3c3cc(-c4ccc([Si](c5ccccc5)(c5ccccc5)c5ccccc5)cc4)ccc32)cc1. The molecule has 0 saturated carbocycles. The van der Waals surface area contributed by atoms with Crippen LogP contribution in [0.5, 0.6) is 5.75 Å². The lowest BCUT2D eigenvalue weighted by Crippen LogP contribution is -2.74. The maximum Gasteiger partial charge on any atom is 0.179 e. The molecule has 12 rings (SSSR count). The molecule has 0 bridgehead atoms. The van der Waals surface area contributed by atoms with E-state index in [1.54, 1.807) is 0 Å². The number of aromatic nitrogens is 1. The molecule has 386 valence electrons. The Hall–Kier alpha value is -8.20. The molecule has 2 nitrogen and oxygen atoms in total. The van der Waals surface area contributed by atoms with Crippen molar-refractivity contribution in [3.8, 4) is 33.7 Å². The quantitative estimate of drug-likeness (QED) is 0.0348. The van der Waals surface area contributed by atoms with Crippen LogP contribution in [0.1, 0.15) is 38.5 Å². The number of nitrogens with zero attached hydrogens (tertiary/aromatic N) is 1. The van der Waals surface area contributed by atoms with Gasteiger partial charge in [-0.1, -0.05) is 268 Å². The van der Waals surface area contributed by atoms with Crippen molar-refractivity contribution < 1.29 is 4.74 Å². The van der Waals surface area contributed by atoms with Crippen molar-refractivity contribution in [3.63, 3.8) is 0 Å². The molecule has 0 spiro atoms. The molecule has 5 heteroatoms. The second kappa shape index (κ2) is 23.8. The van der Waals surface area contributed by atoms with Crippen LogP contribution in [0, 0.1) is 0 Å². The van der Waals surface area contributed by atoms with E-state index in [1.165, 1.54) is 118 Å². The van der Waals surface area contributed by atoms with Crippen molar-refractivity contribution >= 4 is 92.1 Å². The fraction of sp³-hybridized carbons (Fsp3) is 0.108. The average Bonchev–Trinajstić information content (AvgIpc) is 4.09. The van der Waals surface area contributed by atoms with E-state index in [0.717, 1.165) is 30.2 Å². The standard InChI is InChI=1S/C74H65NOSSi2/c77-54-24-4-2-1-3-23-53-76-62-45-43-61(44-46-62)75-73-51-41-59(57-37-47-69(48-38-57)78(63-25-11-5-12-26-63,64-27-13-6-14-28-64)65-29-15-7-16-30-65)55-71(73)72-56-60(42-52-74(72)75)58-39-49-70(50-40-58)79(66-31-17-8-18-32-66,67-33-19-9-20-34-67)68-35-21-10-22-36-68/h5-22,25-52,55-56,77H,1-4,23-24,53-54H2. The van der Waals surface area contributed by atoms with E-state index in [0.29, 0.717) is 0 Å². The molecular weight excluding hydrogens is 1010 g/mol. The predicted molar refractivity (Wildman–Crippen MR) is 346 cm³/mol. The van der Waals surface area contributed by atoms with Crippen molar-refractivity contribution in [1.82, 2.24) is 4.57 Å². The Balaban J connectivity index is 0.949. The molecule has 1 aromatic heterocycles. The van der Waals surface area contributed by atoms with Gasteiger partial charge in [0.2, 0.25) is 0 Å². The van der Waals surface area contributed by atoms with Gasteiger partial charge in [0.25, 0.3) is 0 Å². The van der Waals surface area contributed by atoms with Gasteiger partial charge in [0.1, 0.15) is 5.75 Å². The fourth-order valence-corrected chi connectivity index (χ4v) is 22.1. The first-order chi connectivity index (χ1) is 39.2. The van der Waals surface area contributed by atoms with E-state index < -0.39 is 16.1 Å². The zero-order valence-corrected chi connectivity index (χ0v) is 47.6. The monoisotopic (exact) mass is 1070 g/mol. The van der Waals surface area contributed by atoms with Gasteiger partial charge < -0.3 is 9.30 Å². The molecule has 0 amide bonds. The van der Waals surface area contributed by atoms with Crippen LogP contribution in [0.15, 0.2) is 291 Å². The van der Waals surface area contributed by atoms with Gasteiger partial charge in [-0.15, -0.1) is 0 Å². The number of fused-ring (bicyclic) bond motifs is 3. The third-order valence-corrected chi connectivity index (χ3v) is 26.1. The lowest BCUT2D eigenvalue weighted by atomic mass is 10.0. The van der Waals surface area contributed by atoms with Crippen LogP contribution < -0.4 is 46.2 Å². The van der Waals surface area contributed by atoms with Gasteiger partial charge in [-0.25, -0.2) is 0 Å². The van der Waals surface area contributed by atoms with Gasteiger partial charge in [0.15, 0.2) is 16.1 Å². The number of unbranched alkanes of at least 4 members (excludes halogenated alkanes) is 5. The van der Waals surface area contributed by atoms with Crippen LogP contribution in [0.4, 0.5) is 0 Å². The summed E-state index contributed by atoms with van der Waals surface area (Å²) in [6.07, 6.45) is 7.25. The normalized spacial score (nSPS) is 11.8. The van der Waals surface area contributed by atoms with Crippen LogP contribution in [-0.4, -0.2) is 33.1 Å². The Bertz CT molecular complexity index is 3470. The summed E-state index contributed by atoms with van der Waals surface area (Å²) in [5, 5.41) is 13.4. The molecular formula is C74H65NOSSi2. The smallest absolute Gasteiger partial charge is 0.179 e. The van der Waals surface area contributed by atoms with E-state index in [2.05, 4.69) is 308 Å². The van der Waals surface area contributed by atoms with Crippen molar-refractivity contribution in [2.45, 2.75) is 38.5 Å². The molecule has 0 atom stereocenters. The predicted octanol–water partition coefficient (Wildman–Crippen LogP) is 13.5. The number of benzene rings is 11. The van der Waals surface area contributed by atoms with Gasteiger partial charge in [-0.3, -0.25) is 0 Å². The molecule has 0 unspecified atom stereocenters. The molecule has 0 N–H and O–H groups in total. The Labute approximate surface area is 474 Å². The maximum atomic E-state index is 6.30. The number of hydrogen-bond acceptors (Lipinski definition) is 2. The first kappa shape index (κ1) is 51.6. The van der Waals surface area contributed by atoms with Crippen molar-refractivity contribution in [3.05, 3.63) is 291 Å². The molecule has 0 aliphatic rings. The second-order valence-electron chi connectivity index (χ2n) is 20.8. The van der Waals surface area contributed by atoms with Crippen molar-refractivity contribution in [2.75, 3.05) is 12.4 Å². The Morgan fingerprint density at radius 1 is 0.291 bits per heavy atom. The van der Waals surface area contributed by atoms with E-state index in [-0.39, 0.29) is 0 Å². The molecule has 0 saturated heterocycles. The summed E-state index contributed by atoms with van der Waals surface area (Å²) >= 11 is 4.37. The number of ether oxygens (including phenoxy) is 1. The lowest BCUT2D eigenvalue weighted by molar-refractivity contribution is 0.304. The van der Waals surface area contributed by atoms with Gasteiger partial charge in [-0.2, -0.15) is 12.6 Å². The molecule has 0 radical (unpaired) electrons. The minimum Gasteiger partial charge on any atom is -0.494 e. The van der Waals surface area contributed by atoms with Crippen LogP contribution in [0.2, 0.25) is 0 Å². The summed E-state index contributed by atoms with van der Waals surface area (Å²) in [4.78, 5) is 0. The topological polar surface area (TPSA) is 14.2 Å². The summed E-state index contributed by atoms with van der Waals surface area (Å²) in [5.41, 5.74) is 8.21. The Kier molecular flexibility index (Phi) is 15.5. The van der Waals surface area contributed by atoms with Gasteiger partial charge in [0, 0.05) is 16.5 Å². The van der Waals surface area contributed by atoms with E-state index in [9.17, 15) is 0 Å². The van der Waals surface area contributed by atoms with Crippen LogP contribution >= 0.6 is 12.6 Å². The highest BCUT2D eigenvalue weighted by Crippen LogP contribution is 2.38. The number of rotatable bonds is 20. The molecule has 0 fully saturated rings. The minimum atomic E-state index is -2.68. The zero-order valence-electron chi connectivity index (χ0n) is 44.7. The first-order valence-electron chi connectivity index (χ1n) is 28.1. The summed E-state index contributed by atoms with van der Waals surface area (Å²) in [5.74, 6) is 1.89. The molecule has 79 heavy (non-hydrogen) atoms. The van der Waals surface area contributed by atoms with E-state index in [1.807, 2.05) is 0 Å². The molecule has 0 aliphatic carbocycles. The van der Waals surface area contributed by atoms with Gasteiger partial charge in [0.05, 0.1) is 17.6 Å². The summed E-state index contributed by atoms with van der Waals surface area (Å²) in [7, 11) is -5.35. The lowest BCUT2D eigenvalue weighted by Gasteiger charge is -2.34. The zero-order chi connectivity index (χ0) is 53.3. The van der Waals surface area contributed by atoms with Crippen molar-refractivity contribution in [2.24, 2.45) is 0 Å². The minimum absolute atomic E-state index is 0.733. The third kappa shape index (κ3) is 10.2. The molecule has 1 heterocycles. The van der Waals surface area contributed by atoms with Gasteiger partial charge >= 0.3 is 0 Å². The molecule has 11 aromatic carbocycles. The largest absolute Gasteiger partial charge is 0.494 e. The van der Waals surface area contributed by atoms with Crippen LogP contribution in [-0.2, 0) is 0 Å². The molecule has 0 aliphatic heterocycles. The first-order valence-corrected chi connectivity index (χ1v) is 32.8. The second-order valence-corrected chi connectivity index (χ2v) is 28.9. The average molecular weight is 1070 g/mol. The number of hydrogen-bond donors (Lipinski definition) is 1. The summed E-state index contributed by atoms with van der Waals surface area (Å²) in [6.45, 7) is 0.733. The highest BCUT2D eigenvalue weighted by molar-refractivity contribution is 7.80. The maximum absolute atomic E-state index is 6.30. The van der Waals surface area contributed by atoms with Crippen molar-refractivity contribution in [1.29, 1.82) is 0 Å². The van der Waals surface area contributed by atoms with Gasteiger partial charge in [-0.05, 0) is 131 Å². The third-order valence-electron chi connectivity index (χ3n) is 16.2. The summed E-state index contributed by atoms with van der Waals surface area (Å²) < 4.78 is 8.73. The van der Waals surface area contributed by atoms with Crippen LogP contribution in [0.3, 0.4) is 0 Å². The van der Waals surface area contributed by atoms with Crippen LogP contribution in [0.25, 0.3) is 49.7 Å². The highest BCUT2D eigenvalue weighted by Gasteiger charge is 2.42. The van der Waals surface area contributed by atoms with E-state index >= 15 is 0 Å².